The van der Waals surface area contributed by atoms with E-state index in [-0.39, 0.29) is 17.8 Å². The molecule has 3 nitrogen and oxygen atoms in total. The van der Waals surface area contributed by atoms with E-state index in [1.807, 2.05) is 0 Å². The van der Waals surface area contributed by atoms with Crippen LogP contribution in [0.3, 0.4) is 0 Å². The van der Waals surface area contributed by atoms with E-state index in [1.165, 1.54) is 6.07 Å². The highest BCUT2D eigenvalue weighted by Gasteiger charge is 2.03. The minimum absolute atomic E-state index is 0.136. The molecule has 0 radical (unpaired) electrons. The number of aliphatic hydroxyl groups is 1. The Balaban J connectivity index is 2.84. The van der Waals surface area contributed by atoms with Crippen molar-refractivity contribution in [3.8, 4) is 0 Å². The number of benzene rings is 1. The Morgan fingerprint density at radius 2 is 2.14 bits per heavy atom. The predicted molar refractivity (Wildman–Crippen MR) is 56.1 cm³/mol. The normalized spacial score (nSPS) is 10.7. The zero-order valence-corrected chi connectivity index (χ0v) is 8.74. The third-order valence-electron chi connectivity index (χ3n) is 1.90. The summed E-state index contributed by atoms with van der Waals surface area (Å²) in [6.07, 6.45) is 0. The summed E-state index contributed by atoms with van der Waals surface area (Å²) in [5.41, 5.74) is 0.346. The first-order valence-electron chi connectivity index (χ1n) is 4.04. The quantitative estimate of drug-likeness (QED) is 0.848. The van der Waals surface area contributed by atoms with E-state index in [9.17, 15) is 4.79 Å². The highest BCUT2D eigenvalue weighted by molar-refractivity contribution is 9.10. The van der Waals surface area contributed by atoms with Crippen molar-refractivity contribution in [2.24, 2.45) is 0 Å². The van der Waals surface area contributed by atoms with Gasteiger partial charge in [0.15, 0.2) is 5.43 Å². The lowest BCUT2D eigenvalue weighted by molar-refractivity contribution is 0.249. The summed E-state index contributed by atoms with van der Waals surface area (Å²) in [5.74, 6) is 0.278. The van der Waals surface area contributed by atoms with Crippen molar-refractivity contribution < 1.29 is 9.52 Å². The molecule has 0 unspecified atom stereocenters. The van der Waals surface area contributed by atoms with Crippen LogP contribution in [0, 0.1) is 0 Å². The van der Waals surface area contributed by atoms with Crippen molar-refractivity contribution >= 4 is 26.9 Å². The average Bonchev–Trinajstić information content (AvgIpc) is 2.16. The number of hydrogen-bond donors (Lipinski definition) is 1. The Labute approximate surface area is 88.1 Å². The van der Waals surface area contributed by atoms with Crippen LogP contribution >= 0.6 is 15.9 Å². The third-order valence-corrected chi connectivity index (χ3v) is 2.39. The van der Waals surface area contributed by atoms with Crippen molar-refractivity contribution in [2.75, 3.05) is 0 Å². The molecule has 0 bridgehead atoms. The molecular weight excluding hydrogens is 248 g/mol. The Bertz CT molecular complexity index is 530. The maximum absolute atomic E-state index is 11.5. The summed E-state index contributed by atoms with van der Waals surface area (Å²) >= 11 is 3.28. The zero-order valence-electron chi connectivity index (χ0n) is 7.16. The van der Waals surface area contributed by atoms with E-state index in [4.69, 9.17) is 9.52 Å². The second-order valence-corrected chi connectivity index (χ2v) is 3.79. The number of hydrogen-bond acceptors (Lipinski definition) is 3. The van der Waals surface area contributed by atoms with Gasteiger partial charge >= 0.3 is 0 Å². The molecule has 1 N–H and O–H groups in total. The van der Waals surface area contributed by atoms with Crippen LogP contribution < -0.4 is 5.43 Å². The first kappa shape index (κ1) is 9.43. The maximum Gasteiger partial charge on any atom is 0.193 e. The average molecular weight is 255 g/mol. The van der Waals surface area contributed by atoms with Crippen LogP contribution in [0.4, 0.5) is 0 Å². The maximum atomic E-state index is 11.5. The minimum Gasteiger partial charge on any atom is -0.458 e. The summed E-state index contributed by atoms with van der Waals surface area (Å²) < 4.78 is 6.13. The van der Waals surface area contributed by atoms with Gasteiger partial charge in [0.05, 0.1) is 5.39 Å². The van der Waals surface area contributed by atoms with Crippen molar-refractivity contribution in [3.63, 3.8) is 0 Å². The summed E-state index contributed by atoms with van der Waals surface area (Å²) in [7, 11) is 0. The van der Waals surface area contributed by atoms with Gasteiger partial charge in [0.1, 0.15) is 18.0 Å². The molecule has 0 saturated heterocycles. The van der Waals surface area contributed by atoms with Crippen molar-refractivity contribution in [3.05, 3.63) is 44.7 Å². The number of fused-ring (bicyclic) bond motifs is 1. The summed E-state index contributed by atoms with van der Waals surface area (Å²) in [4.78, 5) is 11.5. The van der Waals surface area contributed by atoms with E-state index >= 15 is 0 Å². The number of rotatable bonds is 1. The molecule has 0 atom stereocenters. The molecule has 0 aliphatic heterocycles. The molecule has 1 aromatic carbocycles. The fourth-order valence-electron chi connectivity index (χ4n) is 1.26. The lowest BCUT2D eigenvalue weighted by atomic mass is 10.2. The van der Waals surface area contributed by atoms with E-state index in [2.05, 4.69) is 15.9 Å². The molecule has 0 saturated carbocycles. The van der Waals surface area contributed by atoms with Crippen molar-refractivity contribution in [1.29, 1.82) is 0 Å². The van der Waals surface area contributed by atoms with Gasteiger partial charge in [-0.2, -0.15) is 0 Å². The molecule has 72 valence electrons. The molecular formula is C10H7BrO3. The Hall–Kier alpha value is -1.13. The fraction of sp³-hybridized carbons (Fsp3) is 0.100. The molecule has 0 aliphatic rings. The minimum atomic E-state index is -0.266. The monoisotopic (exact) mass is 254 g/mol. The highest BCUT2D eigenvalue weighted by Crippen LogP contribution is 2.18. The smallest absolute Gasteiger partial charge is 0.193 e. The molecule has 2 aromatic rings. The first-order chi connectivity index (χ1) is 6.70. The summed E-state index contributed by atoms with van der Waals surface area (Å²) in [6, 6.07) is 6.47. The number of halogens is 1. The fourth-order valence-corrected chi connectivity index (χ4v) is 1.60. The predicted octanol–water partition coefficient (Wildman–Crippen LogP) is 2.05. The van der Waals surface area contributed by atoms with Gasteiger partial charge in [-0.15, -0.1) is 0 Å². The van der Waals surface area contributed by atoms with Crippen LogP contribution in [-0.4, -0.2) is 5.11 Å². The third kappa shape index (κ3) is 1.58. The second-order valence-electron chi connectivity index (χ2n) is 2.88. The number of aliphatic hydroxyl groups excluding tert-OH is 1. The molecule has 4 heteroatoms. The zero-order chi connectivity index (χ0) is 10.1. The van der Waals surface area contributed by atoms with Gasteiger partial charge in [-0.3, -0.25) is 4.79 Å². The van der Waals surface area contributed by atoms with Crippen molar-refractivity contribution in [1.82, 2.24) is 0 Å². The highest BCUT2D eigenvalue weighted by atomic mass is 79.9. The largest absolute Gasteiger partial charge is 0.458 e. The lowest BCUT2D eigenvalue weighted by Gasteiger charge is -1.99. The molecule has 2 rings (SSSR count). The van der Waals surface area contributed by atoms with Gasteiger partial charge in [-0.1, -0.05) is 15.9 Å². The first-order valence-corrected chi connectivity index (χ1v) is 4.83. The van der Waals surface area contributed by atoms with E-state index in [0.717, 1.165) is 4.47 Å². The van der Waals surface area contributed by atoms with Gasteiger partial charge in [0.25, 0.3) is 0 Å². The Kier molecular flexibility index (Phi) is 2.39. The molecule has 14 heavy (non-hydrogen) atoms. The van der Waals surface area contributed by atoms with E-state index in [0.29, 0.717) is 11.0 Å². The standard InChI is InChI=1S/C10H7BrO3/c11-6-1-2-8-9(13)4-7(5-12)14-10(8)3-6/h1-4,12H,5H2. The van der Waals surface area contributed by atoms with Crippen LogP contribution in [0.2, 0.25) is 0 Å². The Morgan fingerprint density at radius 1 is 1.36 bits per heavy atom. The van der Waals surface area contributed by atoms with Crippen LogP contribution in [0.5, 0.6) is 0 Å². The van der Waals surface area contributed by atoms with Gasteiger partial charge in [-0.25, -0.2) is 0 Å². The molecule has 0 amide bonds. The summed E-state index contributed by atoms with van der Waals surface area (Å²) in [6.45, 7) is -0.266. The SMILES string of the molecule is O=c1cc(CO)oc2cc(Br)ccc12. The van der Waals surface area contributed by atoms with E-state index in [1.54, 1.807) is 18.2 Å². The van der Waals surface area contributed by atoms with Gasteiger partial charge in [0, 0.05) is 10.5 Å². The van der Waals surface area contributed by atoms with Gasteiger partial charge in [-0.05, 0) is 18.2 Å². The van der Waals surface area contributed by atoms with Crippen LogP contribution in [-0.2, 0) is 6.61 Å². The van der Waals surface area contributed by atoms with Crippen LogP contribution in [0.25, 0.3) is 11.0 Å². The topological polar surface area (TPSA) is 50.4 Å². The molecule has 0 aliphatic carbocycles. The molecule has 1 aromatic heterocycles. The Morgan fingerprint density at radius 3 is 2.86 bits per heavy atom. The van der Waals surface area contributed by atoms with Crippen LogP contribution in [0.1, 0.15) is 5.76 Å². The van der Waals surface area contributed by atoms with Crippen LogP contribution in [0.15, 0.2) is 37.9 Å². The molecule has 1 heterocycles. The van der Waals surface area contributed by atoms with E-state index < -0.39 is 0 Å². The summed E-state index contributed by atoms with van der Waals surface area (Å²) in [5, 5.41) is 9.37. The van der Waals surface area contributed by atoms with Gasteiger partial charge in [0.2, 0.25) is 0 Å². The second kappa shape index (κ2) is 3.55. The lowest BCUT2D eigenvalue weighted by Crippen LogP contribution is -2.01. The van der Waals surface area contributed by atoms with Crippen molar-refractivity contribution in [2.45, 2.75) is 6.61 Å². The molecule has 0 spiro atoms. The van der Waals surface area contributed by atoms with Gasteiger partial charge < -0.3 is 9.52 Å². The molecule has 0 fully saturated rings.